The molecule has 6 nitrogen and oxygen atoms in total. The molecule has 0 spiro atoms. The summed E-state index contributed by atoms with van der Waals surface area (Å²) in [7, 11) is 0. The summed E-state index contributed by atoms with van der Waals surface area (Å²) in [4.78, 5) is 22.4. The molecule has 0 aromatic carbocycles. The summed E-state index contributed by atoms with van der Waals surface area (Å²) in [5.41, 5.74) is 0. The van der Waals surface area contributed by atoms with Gasteiger partial charge in [-0.2, -0.15) is 0 Å². The van der Waals surface area contributed by atoms with E-state index in [1.54, 1.807) is 0 Å². The van der Waals surface area contributed by atoms with Crippen LogP contribution >= 0.6 is 0 Å². The maximum atomic E-state index is 11.7. The number of carboxylic acid groups (broad SMARTS) is 1. The van der Waals surface area contributed by atoms with Crippen molar-refractivity contribution in [2.24, 2.45) is 0 Å². The van der Waals surface area contributed by atoms with Crippen LogP contribution in [0.2, 0.25) is 0 Å². The van der Waals surface area contributed by atoms with Crippen LogP contribution in [0.1, 0.15) is 78.6 Å². The van der Waals surface area contributed by atoms with Gasteiger partial charge in [0.25, 0.3) is 5.97 Å². The number of ketones is 1. The summed E-state index contributed by atoms with van der Waals surface area (Å²) < 4.78 is 17.6. The Morgan fingerprint density at radius 3 is 1.58 bits per heavy atom. The first-order valence-electron chi connectivity index (χ1n) is 9.15. The van der Waals surface area contributed by atoms with E-state index in [2.05, 4.69) is 20.8 Å². The van der Waals surface area contributed by atoms with Crippen molar-refractivity contribution in [3.05, 3.63) is 0 Å². The lowest BCUT2D eigenvalue weighted by Crippen LogP contribution is -2.41. The average Bonchev–Trinajstić information content (AvgIpc) is 2.53. The van der Waals surface area contributed by atoms with Crippen molar-refractivity contribution in [3.63, 3.8) is 0 Å². The minimum Gasteiger partial charge on any atom is -0.481 e. The number of carbonyl (C=O) groups excluding carboxylic acids is 1. The number of carbonyl (C=O) groups is 2. The Morgan fingerprint density at radius 2 is 1.25 bits per heavy atom. The fourth-order valence-corrected chi connectivity index (χ4v) is 2.01. The Balaban J connectivity index is 4.82. The van der Waals surface area contributed by atoms with Crippen LogP contribution in [0.15, 0.2) is 0 Å². The van der Waals surface area contributed by atoms with E-state index >= 15 is 0 Å². The topological polar surface area (TPSA) is 82.1 Å². The second-order valence-electron chi connectivity index (χ2n) is 5.90. The average molecular weight is 346 g/mol. The molecule has 0 fully saturated rings. The van der Waals surface area contributed by atoms with Crippen molar-refractivity contribution in [1.82, 2.24) is 0 Å². The highest BCUT2D eigenvalue weighted by Crippen LogP contribution is 2.24. The molecule has 0 saturated heterocycles. The highest BCUT2D eigenvalue weighted by atomic mass is 16.9. The molecule has 0 bridgehead atoms. The normalized spacial score (nSPS) is 11.6. The molecular weight excluding hydrogens is 312 g/mol. The standard InChI is InChI=1S/C18H34O6/c1-4-7-12-22-18(23-13-8-5-2,24-14-9-6-3)11-10-16(19)15-17(20)21/h4-15H2,1-3H3,(H,20,21). The van der Waals surface area contributed by atoms with Gasteiger partial charge in [-0.05, 0) is 19.3 Å². The van der Waals surface area contributed by atoms with Crippen LogP contribution in [0.3, 0.4) is 0 Å². The number of hydrogen-bond donors (Lipinski definition) is 1. The number of hydrogen-bond acceptors (Lipinski definition) is 5. The largest absolute Gasteiger partial charge is 0.481 e. The Bertz CT molecular complexity index is 316. The smallest absolute Gasteiger partial charge is 0.310 e. The molecule has 0 heterocycles. The van der Waals surface area contributed by atoms with Gasteiger partial charge >= 0.3 is 5.97 Å². The molecule has 0 rings (SSSR count). The Morgan fingerprint density at radius 1 is 0.833 bits per heavy atom. The zero-order valence-electron chi connectivity index (χ0n) is 15.5. The summed E-state index contributed by atoms with van der Waals surface area (Å²) in [6, 6.07) is 0. The quantitative estimate of drug-likeness (QED) is 0.244. The van der Waals surface area contributed by atoms with Crippen LogP contribution < -0.4 is 0 Å². The van der Waals surface area contributed by atoms with Gasteiger partial charge in [0.15, 0.2) is 0 Å². The summed E-state index contributed by atoms with van der Waals surface area (Å²) >= 11 is 0. The minimum absolute atomic E-state index is 0.0661. The van der Waals surface area contributed by atoms with E-state index in [4.69, 9.17) is 19.3 Å². The fourth-order valence-electron chi connectivity index (χ4n) is 2.01. The highest BCUT2D eigenvalue weighted by molar-refractivity contribution is 5.94. The van der Waals surface area contributed by atoms with Crippen LogP contribution in [0.25, 0.3) is 0 Å². The highest BCUT2D eigenvalue weighted by Gasteiger charge is 2.34. The van der Waals surface area contributed by atoms with Crippen molar-refractivity contribution >= 4 is 11.8 Å². The molecule has 0 aromatic rings. The van der Waals surface area contributed by atoms with Crippen LogP contribution in [-0.2, 0) is 23.8 Å². The second kappa shape index (κ2) is 14.4. The van der Waals surface area contributed by atoms with E-state index in [0.717, 1.165) is 38.5 Å². The number of unbranched alkanes of at least 4 members (excludes halogenated alkanes) is 3. The first-order chi connectivity index (χ1) is 11.5. The maximum Gasteiger partial charge on any atom is 0.310 e. The monoisotopic (exact) mass is 346 g/mol. The first-order valence-corrected chi connectivity index (χ1v) is 9.15. The van der Waals surface area contributed by atoms with Crippen LogP contribution in [0.4, 0.5) is 0 Å². The van der Waals surface area contributed by atoms with Gasteiger partial charge in [-0.25, -0.2) is 0 Å². The molecule has 0 radical (unpaired) electrons. The number of aliphatic carboxylic acids is 1. The van der Waals surface area contributed by atoms with E-state index in [9.17, 15) is 9.59 Å². The van der Waals surface area contributed by atoms with Crippen LogP contribution in [0, 0.1) is 0 Å². The van der Waals surface area contributed by atoms with Crippen molar-refractivity contribution in [1.29, 1.82) is 0 Å². The molecule has 0 saturated carbocycles. The van der Waals surface area contributed by atoms with Crippen molar-refractivity contribution in [2.75, 3.05) is 19.8 Å². The second-order valence-corrected chi connectivity index (χ2v) is 5.90. The molecule has 0 unspecified atom stereocenters. The molecule has 24 heavy (non-hydrogen) atoms. The summed E-state index contributed by atoms with van der Waals surface area (Å²) in [6.45, 7) is 7.66. The molecule has 0 aliphatic carbocycles. The molecular formula is C18H34O6. The third-order valence-electron chi connectivity index (χ3n) is 3.52. The molecule has 0 aliphatic heterocycles. The zero-order valence-corrected chi connectivity index (χ0v) is 15.5. The van der Waals surface area contributed by atoms with E-state index in [1.807, 2.05) is 0 Å². The third-order valence-corrected chi connectivity index (χ3v) is 3.52. The zero-order chi connectivity index (χ0) is 18.3. The van der Waals surface area contributed by atoms with Crippen LogP contribution in [0.5, 0.6) is 0 Å². The molecule has 1 N–H and O–H groups in total. The molecule has 0 amide bonds. The molecule has 142 valence electrons. The van der Waals surface area contributed by atoms with Crippen molar-refractivity contribution in [3.8, 4) is 0 Å². The Kier molecular flexibility index (Phi) is 13.8. The number of rotatable bonds is 17. The van der Waals surface area contributed by atoms with Gasteiger partial charge in [-0.15, -0.1) is 0 Å². The molecule has 6 heteroatoms. The predicted molar refractivity (Wildman–Crippen MR) is 91.8 cm³/mol. The predicted octanol–water partition coefficient (Wildman–Crippen LogP) is 3.91. The lowest BCUT2D eigenvalue weighted by molar-refractivity contribution is -0.383. The Labute approximate surface area is 145 Å². The lowest BCUT2D eigenvalue weighted by atomic mass is 10.1. The van der Waals surface area contributed by atoms with Crippen LogP contribution in [-0.4, -0.2) is 42.7 Å². The molecule has 0 aliphatic rings. The van der Waals surface area contributed by atoms with E-state index in [-0.39, 0.29) is 18.6 Å². The van der Waals surface area contributed by atoms with Gasteiger partial charge in [-0.1, -0.05) is 40.0 Å². The number of Topliss-reactive ketones (excluding diaryl/α,β-unsaturated/α-hetero) is 1. The molecule has 0 aromatic heterocycles. The summed E-state index contributed by atoms with van der Waals surface area (Å²) in [5.74, 6) is -2.70. The van der Waals surface area contributed by atoms with Gasteiger partial charge in [0.2, 0.25) is 0 Å². The van der Waals surface area contributed by atoms with Crippen molar-refractivity contribution in [2.45, 2.75) is 84.5 Å². The van der Waals surface area contributed by atoms with E-state index in [1.165, 1.54) is 0 Å². The minimum atomic E-state index is -1.24. The lowest BCUT2D eigenvalue weighted by Gasteiger charge is -2.33. The van der Waals surface area contributed by atoms with E-state index < -0.39 is 18.4 Å². The third kappa shape index (κ3) is 11.5. The molecule has 0 atom stereocenters. The van der Waals surface area contributed by atoms with Crippen molar-refractivity contribution < 1.29 is 28.9 Å². The van der Waals surface area contributed by atoms with Gasteiger partial charge in [-0.3, -0.25) is 9.59 Å². The van der Waals surface area contributed by atoms with Gasteiger partial charge < -0.3 is 19.3 Å². The maximum absolute atomic E-state index is 11.7. The number of ether oxygens (including phenoxy) is 3. The SMILES string of the molecule is CCCCOC(CCC(=O)CC(=O)O)(OCCCC)OCCCC. The first kappa shape index (κ1) is 23.0. The Hall–Kier alpha value is -0.980. The van der Waals surface area contributed by atoms with Gasteiger partial charge in [0, 0.05) is 12.8 Å². The summed E-state index contributed by atoms with van der Waals surface area (Å²) in [5, 5.41) is 8.72. The fraction of sp³-hybridized carbons (Fsp3) is 0.889. The summed E-state index contributed by atoms with van der Waals surface area (Å²) in [6.07, 6.45) is 5.38. The van der Waals surface area contributed by atoms with Gasteiger partial charge in [0.1, 0.15) is 12.2 Å². The van der Waals surface area contributed by atoms with Gasteiger partial charge in [0.05, 0.1) is 19.8 Å². The van der Waals surface area contributed by atoms with E-state index in [0.29, 0.717) is 19.8 Å². The number of carboxylic acids is 1.